The van der Waals surface area contributed by atoms with Gasteiger partial charge >= 0.3 is 24.4 Å². The number of nitro groups is 1. The first-order valence-electron chi connectivity index (χ1n) is 50.1. The maximum Gasteiger partial charge on any atom is 0.419 e. The second-order valence-electron chi connectivity index (χ2n) is 51.5. The van der Waals surface area contributed by atoms with Gasteiger partial charge in [0.2, 0.25) is 10.0 Å². The van der Waals surface area contributed by atoms with Crippen LogP contribution in [-0.2, 0) is 80.3 Å². The largest absolute Gasteiger partial charge is 0.443 e. The number of carbonyl (C=O) groups is 4. The number of imidazole rings is 2. The number of nitrogens with one attached hydrogen (secondary N) is 2. The van der Waals surface area contributed by atoms with Crippen LogP contribution in [0.15, 0.2) is 189 Å². The fourth-order valence-electron chi connectivity index (χ4n) is 16.2. The van der Waals surface area contributed by atoms with E-state index in [4.69, 9.17) is 18.9 Å². The summed E-state index contributed by atoms with van der Waals surface area (Å²) in [4.78, 5) is 73.8. The van der Waals surface area contributed by atoms with Gasteiger partial charge < -0.3 is 28.9 Å². The molecule has 778 valence electrons. The molecular weight excluding hydrogens is 1790 g/mol. The van der Waals surface area contributed by atoms with Crippen molar-refractivity contribution >= 4 is 94.6 Å². The van der Waals surface area contributed by atoms with E-state index in [-0.39, 0.29) is 62.1 Å². The lowest BCUT2D eigenvalue weighted by Gasteiger charge is -2.21. The second-order valence-corrected chi connectivity index (χ2v) is 53.3. The highest BCUT2D eigenvalue weighted by molar-refractivity contribution is 7.89. The summed E-state index contributed by atoms with van der Waals surface area (Å²) < 4.78 is 53.0. The predicted molar refractivity (Wildman–Crippen MR) is 590 cm³/mol. The van der Waals surface area contributed by atoms with Crippen LogP contribution in [0.5, 0.6) is 0 Å². The van der Waals surface area contributed by atoms with Crippen LogP contribution in [0.25, 0.3) is 54.5 Å². The van der Waals surface area contributed by atoms with Gasteiger partial charge in [-0.1, -0.05) is 251 Å². The number of H-pyrrole nitrogens is 2. The molecule has 0 aliphatic heterocycles. The third-order valence-corrected chi connectivity index (χ3v) is 22.7. The Morgan fingerprint density at radius 2 is 0.859 bits per heavy atom. The van der Waals surface area contributed by atoms with Gasteiger partial charge in [-0.15, -0.1) is 0 Å². The quantitative estimate of drug-likeness (QED) is 0.0583. The van der Waals surface area contributed by atoms with Gasteiger partial charge in [0, 0.05) is 92.6 Å². The van der Waals surface area contributed by atoms with Gasteiger partial charge in [0.1, 0.15) is 28.7 Å². The third-order valence-electron chi connectivity index (χ3n) is 21.7. The second kappa shape index (κ2) is 48.4. The minimum atomic E-state index is -3.25. The molecule has 0 radical (unpaired) electrons. The fraction of sp³-hybridized carbons (Fsp3) is 0.529. The normalized spacial score (nSPS) is 12.5. The van der Waals surface area contributed by atoms with Gasteiger partial charge in [-0.3, -0.25) is 19.2 Å². The van der Waals surface area contributed by atoms with Gasteiger partial charge in [0.15, 0.2) is 0 Å². The molecule has 0 aliphatic carbocycles. The highest BCUT2D eigenvalue weighted by Crippen LogP contribution is 2.37. The molecule has 0 atom stereocenters. The van der Waals surface area contributed by atoms with Crippen molar-refractivity contribution in [3.05, 3.63) is 256 Å². The molecule has 13 aromatic rings. The molecule has 142 heavy (non-hydrogen) atoms. The van der Waals surface area contributed by atoms with Crippen molar-refractivity contribution in [2.45, 2.75) is 363 Å². The van der Waals surface area contributed by atoms with E-state index in [0.29, 0.717) is 16.2 Å². The summed E-state index contributed by atoms with van der Waals surface area (Å²) in [6.07, 6.45) is 24.7. The van der Waals surface area contributed by atoms with Crippen molar-refractivity contribution in [3.8, 4) is 0 Å². The number of nitrogens with zero attached hydrogens (tertiary/aromatic N) is 8. The van der Waals surface area contributed by atoms with Crippen molar-refractivity contribution in [2.75, 3.05) is 6.26 Å². The van der Waals surface area contributed by atoms with Crippen molar-refractivity contribution in [1.29, 1.82) is 0 Å². The molecule has 6 aromatic carbocycles. The minimum absolute atomic E-state index is 0.131. The summed E-state index contributed by atoms with van der Waals surface area (Å²) in [5, 5.41) is 16.3. The topological polar surface area (TPSA) is 264 Å². The number of aromatic amines is 2. The lowest BCUT2D eigenvalue weighted by molar-refractivity contribution is -0.384. The Kier molecular flexibility index (Phi) is 40.7. The van der Waals surface area contributed by atoms with Gasteiger partial charge in [-0.05, 0) is 299 Å². The average molecular weight is 1970 g/mol. The molecule has 0 saturated carbocycles. The Balaban J connectivity index is 0.000000250. The molecule has 0 amide bonds. The molecule has 0 aliphatic rings. The lowest BCUT2D eigenvalue weighted by Crippen LogP contribution is -2.27. The molecule has 13 rings (SSSR count). The number of non-ortho nitro benzene ring substituents is 1. The van der Waals surface area contributed by atoms with E-state index in [1.807, 2.05) is 175 Å². The first-order chi connectivity index (χ1) is 64.8. The Morgan fingerprint density at radius 3 is 1.37 bits per heavy atom. The number of aromatic nitrogens is 9. The maximum atomic E-state index is 12.6. The highest BCUT2D eigenvalue weighted by atomic mass is 32.2. The molecule has 0 unspecified atom stereocenters. The van der Waals surface area contributed by atoms with Crippen LogP contribution in [0.2, 0.25) is 0 Å². The third kappa shape index (κ3) is 42.3. The Labute approximate surface area is 850 Å². The summed E-state index contributed by atoms with van der Waals surface area (Å²) in [6.45, 7) is 79.8. The number of hydrogen-bond acceptors (Lipinski definition) is 14. The summed E-state index contributed by atoms with van der Waals surface area (Å²) in [5.74, 6) is 0. The summed E-state index contributed by atoms with van der Waals surface area (Å²) >= 11 is 0. The maximum absolute atomic E-state index is 12.6. The van der Waals surface area contributed by atoms with Crippen LogP contribution in [0, 0.1) is 67.3 Å². The van der Waals surface area contributed by atoms with Crippen LogP contribution in [0.3, 0.4) is 0 Å². The number of rotatable bonds is 14. The van der Waals surface area contributed by atoms with E-state index in [0.717, 1.165) is 130 Å². The molecule has 0 spiro atoms. The molecule has 22 nitrogen and oxygen atoms in total. The molecule has 0 bridgehead atoms. The first kappa shape index (κ1) is 119. The first-order valence-corrected chi connectivity index (χ1v) is 52.0. The number of benzene rings is 6. The molecule has 0 saturated heterocycles. The fourth-order valence-corrected chi connectivity index (χ4v) is 17.0. The minimum Gasteiger partial charge on any atom is -0.443 e. The van der Waals surface area contributed by atoms with E-state index >= 15 is 0 Å². The van der Waals surface area contributed by atoms with E-state index < -0.39 is 32.4 Å². The smallest absolute Gasteiger partial charge is 0.419 e. The zero-order chi connectivity index (χ0) is 107. The van der Waals surface area contributed by atoms with Crippen molar-refractivity contribution in [2.24, 2.45) is 43.3 Å². The van der Waals surface area contributed by atoms with E-state index in [1.165, 1.54) is 84.6 Å². The summed E-state index contributed by atoms with van der Waals surface area (Å²) in [6, 6.07) is 47.4. The molecule has 7 aromatic heterocycles. The molecule has 0 fully saturated rings. The SMILES string of the molecule is CC(C)(C)CCCc1cn(C(=O)OC(C)(C)C)cn1.CC(C)(C)CCCc1cnc[nH]1.CC(C)(C)Cc1ccc2c(ccn2C(=O)OC(C)(C)C)c1.CC(C)(C)Cc1cccc([N+](=O)[O-])c1.CC(C)(C)Cc1cccc2c1ccn2C(=O)OC(C)(C)C.CC(C)(C)Cc1cn(S(C)(=O)=O)c2ccccc12.Cc1[nH]c2ccccc2c1CC(C)(C)C.Cc1c(CC(C)(C)C)c2ccccc2n1C(=O)OC(C)(C)C. The zero-order valence-electron chi connectivity index (χ0n) is 93.8. The Bertz CT molecular complexity index is 6410. The summed E-state index contributed by atoms with van der Waals surface area (Å²) in [7, 11) is -3.25. The van der Waals surface area contributed by atoms with Gasteiger partial charge in [0.05, 0.1) is 45.3 Å². The number of nitro benzene ring substituents is 1. The molecular formula is C119H174N10O12S. The van der Waals surface area contributed by atoms with Crippen molar-refractivity contribution in [3.63, 3.8) is 0 Å². The highest BCUT2D eigenvalue weighted by Gasteiger charge is 2.30. The van der Waals surface area contributed by atoms with Crippen molar-refractivity contribution in [1.82, 2.24) is 42.2 Å². The van der Waals surface area contributed by atoms with Crippen LogP contribution < -0.4 is 0 Å². The zero-order valence-corrected chi connectivity index (χ0v) is 94.6. The van der Waals surface area contributed by atoms with E-state index in [2.05, 4.69) is 242 Å². The summed E-state index contributed by atoms with van der Waals surface area (Å²) in [5.41, 5.74) is 16.9. The standard InChI is InChI=1S/C19H27NO2.2C18H25NO2.C15H26N2O2.C14H19NO2S.C14H19N.C11H15NO2.C10H18N2/c1-13-15(12-18(2,3)4)14-10-8-9-11-16(14)20(13)17(21)22-19(5,6)7;1-17(2,3)12-13-7-8-15-14(11-13)9-10-19(15)16(20)21-18(4,5)6;1-17(2,3)12-13-8-7-9-15-14(13)10-11-19(15)16(20)21-18(4,5)6;1-14(2,3)9-7-8-12-10-17(11-16-12)13(18)19-15(4,5)6;1-14(2,3)9-11-10-15(18(4,16)17)13-8-6-5-7-12(11)13;1-10-12(9-14(2,3)4)11-7-5-6-8-13(11)15-10;1-11(2,3)8-9-5-4-6-10(7-9)12(13)14;1-10(2,3)6-4-5-9-7-11-8-12-9/h8-11H,12H2,1-7H3;2*7-11H,12H2,1-6H3;10-11H,7-9H2,1-6H3;5-8,10H,9H2,1-4H3;5-8,15H,9H2,1-4H3;4-7H,8H2,1-3H3;7-8H,4-6H2,1-3H3,(H,11,12). The van der Waals surface area contributed by atoms with Crippen LogP contribution in [-0.4, -0.2) is 109 Å². The number of ether oxygens (including phenoxy) is 4. The number of hydrogen-bond donors (Lipinski definition) is 2. The van der Waals surface area contributed by atoms with Gasteiger partial charge in [-0.2, -0.15) is 0 Å². The van der Waals surface area contributed by atoms with Gasteiger partial charge in [0.25, 0.3) is 5.69 Å². The van der Waals surface area contributed by atoms with E-state index in [9.17, 15) is 37.7 Å². The van der Waals surface area contributed by atoms with Gasteiger partial charge in [-0.25, -0.2) is 50.7 Å². The van der Waals surface area contributed by atoms with Crippen molar-refractivity contribution < 1.29 is 51.5 Å². The lowest BCUT2D eigenvalue weighted by atomic mass is 9.87. The average Bonchev–Trinajstić information content (AvgIpc) is 1.62. The Morgan fingerprint density at radius 1 is 0.415 bits per heavy atom. The van der Waals surface area contributed by atoms with Crippen LogP contribution in [0.4, 0.5) is 24.9 Å². The number of fused-ring (bicyclic) bond motifs is 5. The molecule has 7 heterocycles. The number of para-hydroxylation sites is 3. The van der Waals surface area contributed by atoms with E-state index in [1.54, 1.807) is 56.9 Å². The Hall–Kier alpha value is -11.3. The number of aryl methyl sites for hydroxylation is 3. The number of carbonyl (C=O) groups excluding carboxylic acids is 4. The predicted octanol–water partition coefficient (Wildman–Crippen LogP) is 32.4. The molecule has 2 N–H and O–H groups in total. The van der Waals surface area contributed by atoms with Crippen LogP contribution >= 0.6 is 0 Å². The molecule has 23 heteroatoms. The monoisotopic (exact) mass is 1970 g/mol. The van der Waals surface area contributed by atoms with Crippen LogP contribution in [0.1, 0.15) is 331 Å².